The van der Waals surface area contributed by atoms with E-state index in [4.69, 9.17) is 16.3 Å². The van der Waals surface area contributed by atoms with Crippen molar-refractivity contribution in [2.24, 2.45) is 0 Å². The summed E-state index contributed by atoms with van der Waals surface area (Å²) in [5, 5.41) is 3.54. The van der Waals surface area contributed by atoms with Crippen LogP contribution in [0.4, 0.5) is 0 Å². The minimum absolute atomic E-state index is 0.140. The van der Waals surface area contributed by atoms with Crippen molar-refractivity contribution >= 4 is 22.9 Å². The van der Waals surface area contributed by atoms with E-state index in [9.17, 15) is 0 Å². The molecule has 0 saturated heterocycles. The van der Waals surface area contributed by atoms with Crippen LogP contribution in [0.25, 0.3) is 0 Å². The first-order valence-electron chi connectivity index (χ1n) is 6.92. The van der Waals surface area contributed by atoms with Gasteiger partial charge < -0.3 is 10.1 Å². The Labute approximate surface area is 128 Å². The van der Waals surface area contributed by atoms with E-state index < -0.39 is 0 Å². The Morgan fingerprint density at radius 1 is 1.45 bits per heavy atom. The molecule has 0 radical (unpaired) electrons. The number of rotatable bonds is 4. The van der Waals surface area contributed by atoms with Crippen molar-refractivity contribution in [1.29, 1.82) is 0 Å². The zero-order valence-corrected chi connectivity index (χ0v) is 13.2. The molecule has 0 spiro atoms. The number of likely N-dealkylation sites (N-methyl/N-ethyl adjacent to an activating group) is 1. The number of fused-ring (bicyclic) bond motifs is 1. The predicted molar refractivity (Wildman–Crippen MR) is 85.0 cm³/mol. The molecular formula is C16H18ClNOS. The van der Waals surface area contributed by atoms with Crippen LogP contribution in [0.5, 0.6) is 5.75 Å². The van der Waals surface area contributed by atoms with E-state index in [1.807, 2.05) is 12.1 Å². The summed E-state index contributed by atoms with van der Waals surface area (Å²) in [5.41, 5.74) is 2.44. The third-order valence-corrected chi connectivity index (χ3v) is 5.29. The lowest BCUT2D eigenvalue weighted by Crippen LogP contribution is -2.34. The summed E-state index contributed by atoms with van der Waals surface area (Å²) < 4.78 is 7.00. The Bertz CT molecular complexity index is 566. The Morgan fingerprint density at radius 3 is 2.90 bits per heavy atom. The molecule has 20 heavy (non-hydrogen) atoms. The lowest BCUT2D eigenvalue weighted by molar-refractivity contribution is 0.181. The normalized spacial score (nSPS) is 18.6. The fourth-order valence-corrected chi connectivity index (χ4v) is 4.01. The molecule has 2 nitrogen and oxygen atoms in total. The van der Waals surface area contributed by atoms with Crippen molar-refractivity contribution in [3.05, 3.63) is 50.7 Å². The number of nitrogens with one attached hydrogen (secondary N) is 1. The summed E-state index contributed by atoms with van der Waals surface area (Å²) in [5.74, 6) is 1.01. The highest BCUT2D eigenvalue weighted by Gasteiger charge is 2.32. The van der Waals surface area contributed by atoms with Crippen molar-refractivity contribution in [3.63, 3.8) is 0 Å². The minimum Gasteiger partial charge on any atom is -0.488 e. The number of hydrogen-bond acceptors (Lipinski definition) is 3. The van der Waals surface area contributed by atoms with Crippen LogP contribution in [0.3, 0.4) is 0 Å². The molecule has 0 fully saturated rings. The molecule has 2 heterocycles. The molecule has 2 aromatic rings. The van der Waals surface area contributed by atoms with Gasteiger partial charge in [0.05, 0.1) is 10.4 Å². The van der Waals surface area contributed by atoms with Crippen LogP contribution in [0.2, 0.25) is 4.34 Å². The number of benzene rings is 1. The van der Waals surface area contributed by atoms with Gasteiger partial charge in [-0.25, -0.2) is 0 Å². The minimum atomic E-state index is 0.140. The standard InChI is InChI=1S/C16H18ClNOS/c1-3-18-15(14-8-10(2)16(17)20-14)13-9-11-6-4-5-7-12(11)19-13/h4-8,13,15,18H,3,9H2,1-2H3. The van der Waals surface area contributed by atoms with Gasteiger partial charge in [0.1, 0.15) is 11.9 Å². The molecule has 2 unspecified atom stereocenters. The second-order valence-corrected chi connectivity index (χ2v) is 6.79. The van der Waals surface area contributed by atoms with Crippen LogP contribution < -0.4 is 10.1 Å². The summed E-state index contributed by atoms with van der Waals surface area (Å²) >= 11 is 7.87. The van der Waals surface area contributed by atoms with E-state index in [1.54, 1.807) is 11.3 Å². The summed E-state index contributed by atoms with van der Waals surface area (Å²) in [6, 6.07) is 10.7. The lowest BCUT2D eigenvalue weighted by atomic mass is 10.0. The molecule has 2 atom stereocenters. The van der Waals surface area contributed by atoms with E-state index in [2.05, 4.69) is 37.4 Å². The maximum Gasteiger partial charge on any atom is 0.123 e. The summed E-state index contributed by atoms with van der Waals surface area (Å²) in [6.45, 7) is 5.09. The number of aryl methyl sites for hydroxylation is 1. The van der Waals surface area contributed by atoms with Gasteiger partial charge in [-0.05, 0) is 36.7 Å². The van der Waals surface area contributed by atoms with Crippen LogP contribution >= 0.6 is 22.9 Å². The van der Waals surface area contributed by atoms with Gasteiger partial charge in [0.25, 0.3) is 0 Å². The smallest absolute Gasteiger partial charge is 0.123 e. The predicted octanol–water partition coefficient (Wildman–Crippen LogP) is 4.36. The Kier molecular flexibility index (Phi) is 4.01. The average Bonchev–Trinajstić information content (AvgIpc) is 3.00. The zero-order valence-electron chi connectivity index (χ0n) is 11.7. The van der Waals surface area contributed by atoms with Gasteiger partial charge in [-0.15, -0.1) is 11.3 Å². The molecule has 1 aliphatic heterocycles. The first-order chi connectivity index (χ1) is 9.69. The van der Waals surface area contributed by atoms with Crippen LogP contribution in [0.15, 0.2) is 30.3 Å². The van der Waals surface area contributed by atoms with Gasteiger partial charge in [-0.3, -0.25) is 0 Å². The first-order valence-corrected chi connectivity index (χ1v) is 8.12. The van der Waals surface area contributed by atoms with Crippen molar-refractivity contribution in [2.45, 2.75) is 32.4 Å². The molecule has 1 aromatic carbocycles. The molecule has 0 saturated carbocycles. The van der Waals surface area contributed by atoms with E-state index in [-0.39, 0.29) is 12.1 Å². The molecule has 1 N–H and O–H groups in total. The average molecular weight is 308 g/mol. The highest BCUT2D eigenvalue weighted by Crippen LogP contribution is 2.38. The van der Waals surface area contributed by atoms with Gasteiger partial charge in [0.15, 0.2) is 0 Å². The number of para-hydroxylation sites is 1. The molecule has 0 aliphatic carbocycles. The van der Waals surface area contributed by atoms with Crippen LogP contribution in [0, 0.1) is 6.92 Å². The van der Waals surface area contributed by atoms with E-state index >= 15 is 0 Å². The molecular weight excluding hydrogens is 290 g/mol. The maximum atomic E-state index is 6.22. The Hall–Kier alpha value is -1.03. The monoisotopic (exact) mass is 307 g/mol. The quantitative estimate of drug-likeness (QED) is 0.906. The van der Waals surface area contributed by atoms with Gasteiger partial charge in [0.2, 0.25) is 0 Å². The molecule has 0 bridgehead atoms. The third kappa shape index (κ3) is 2.58. The third-order valence-electron chi connectivity index (χ3n) is 3.65. The van der Waals surface area contributed by atoms with Crippen molar-refractivity contribution in [3.8, 4) is 5.75 Å². The number of hydrogen-bond donors (Lipinski definition) is 1. The second-order valence-electron chi connectivity index (χ2n) is 5.11. The molecule has 106 valence electrons. The Balaban J connectivity index is 1.86. The molecule has 3 rings (SSSR count). The van der Waals surface area contributed by atoms with E-state index in [1.165, 1.54) is 10.4 Å². The van der Waals surface area contributed by atoms with E-state index in [0.717, 1.165) is 28.6 Å². The molecule has 4 heteroatoms. The maximum absolute atomic E-state index is 6.22. The lowest BCUT2D eigenvalue weighted by Gasteiger charge is -2.23. The zero-order chi connectivity index (χ0) is 14.1. The summed E-state index contributed by atoms with van der Waals surface area (Å²) in [4.78, 5) is 1.26. The molecule has 1 aromatic heterocycles. The molecule has 1 aliphatic rings. The fourth-order valence-electron chi connectivity index (χ4n) is 2.67. The number of ether oxygens (including phenoxy) is 1. The fraction of sp³-hybridized carbons (Fsp3) is 0.375. The SMILES string of the molecule is CCNC(c1cc(C)c(Cl)s1)C1Cc2ccccc2O1. The summed E-state index contributed by atoms with van der Waals surface area (Å²) in [6.07, 6.45) is 1.09. The number of halogens is 1. The van der Waals surface area contributed by atoms with Crippen LogP contribution in [-0.4, -0.2) is 12.6 Å². The van der Waals surface area contributed by atoms with Crippen molar-refractivity contribution in [1.82, 2.24) is 5.32 Å². The van der Waals surface area contributed by atoms with Crippen LogP contribution in [-0.2, 0) is 6.42 Å². The van der Waals surface area contributed by atoms with Crippen LogP contribution in [0.1, 0.15) is 29.0 Å². The highest BCUT2D eigenvalue weighted by atomic mass is 35.5. The van der Waals surface area contributed by atoms with Gasteiger partial charge in [-0.1, -0.05) is 36.7 Å². The van der Waals surface area contributed by atoms with E-state index in [0.29, 0.717) is 0 Å². The topological polar surface area (TPSA) is 21.3 Å². The van der Waals surface area contributed by atoms with Crippen molar-refractivity contribution < 1.29 is 4.74 Å². The van der Waals surface area contributed by atoms with Gasteiger partial charge in [0, 0.05) is 11.3 Å². The first kappa shape index (κ1) is 13.9. The van der Waals surface area contributed by atoms with Gasteiger partial charge in [-0.2, -0.15) is 0 Å². The summed E-state index contributed by atoms with van der Waals surface area (Å²) in [7, 11) is 0. The highest BCUT2D eigenvalue weighted by molar-refractivity contribution is 7.16. The largest absolute Gasteiger partial charge is 0.488 e. The second kappa shape index (κ2) is 5.76. The van der Waals surface area contributed by atoms with Crippen molar-refractivity contribution in [2.75, 3.05) is 6.54 Å². The van der Waals surface area contributed by atoms with Gasteiger partial charge >= 0.3 is 0 Å². The number of thiophene rings is 1. The Morgan fingerprint density at radius 2 is 2.25 bits per heavy atom. The molecule has 0 amide bonds.